The number of carbonyl (C=O) groups excluding carboxylic acids is 1. The predicted molar refractivity (Wildman–Crippen MR) is 176 cm³/mol. The van der Waals surface area contributed by atoms with Crippen LogP contribution in [0.5, 0.6) is 23.0 Å². The Kier molecular flexibility index (Phi) is 10.3. The van der Waals surface area contributed by atoms with Crippen molar-refractivity contribution in [3.63, 3.8) is 0 Å². The molecular formula is C34H30BrN3O5S. The summed E-state index contributed by atoms with van der Waals surface area (Å²) >= 11 is 5.17. The lowest BCUT2D eigenvalue weighted by molar-refractivity contribution is 0.0955. The number of ether oxygens (including phenoxy) is 4. The Balaban J connectivity index is 1.19. The fourth-order valence-electron chi connectivity index (χ4n) is 4.28. The zero-order valence-electron chi connectivity index (χ0n) is 24.4. The third-order valence-electron chi connectivity index (χ3n) is 6.54. The van der Waals surface area contributed by atoms with Gasteiger partial charge in [-0.15, -0.1) is 11.3 Å². The normalized spacial score (nSPS) is 10.9. The number of rotatable bonds is 12. The highest BCUT2D eigenvalue weighted by Crippen LogP contribution is 2.37. The van der Waals surface area contributed by atoms with Crippen LogP contribution in [0.4, 0.5) is 0 Å². The Bertz CT molecular complexity index is 1760. The number of aromatic nitrogens is 1. The summed E-state index contributed by atoms with van der Waals surface area (Å²) in [5.74, 6) is 1.99. The van der Waals surface area contributed by atoms with Crippen LogP contribution in [0, 0.1) is 6.92 Å². The number of hydrazone groups is 1. The number of thiazole rings is 1. The zero-order valence-corrected chi connectivity index (χ0v) is 26.8. The van der Waals surface area contributed by atoms with Crippen LogP contribution in [0.2, 0.25) is 0 Å². The van der Waals surface area contributed by atoms with Crippen LogP contribution in [0.1, 0.15) is 32.1 Å². The van der Waals surface area contributed by atoms with E-state index >= 15 is 0 Å². The first-order valence-corrected chi connectivity index (χ1v) is 15.3. The molecule has 0 spiro atoms. The molecule has 5 aromatic rings. The van der Waals surface area contributed by atoms with Crippen molar-refractivity contribution >= 4 is 39.4 Å². The molecule has 8 nitrogen and oxygen atoms in total. The van der Waals surface area contributed by atoms with Gasteiger partial charge in [0.1, 0.15) is 13.2 Å². The molecule has 1 N–H and O–H groups in total. The largest absolute Gasteiger partial charge is 0.493 e. The maximum atomic E-state index is 12.6. The summed E-state index contributed by atoms with van der Waals surface area (Å²) in [6.45, 7) is 2.68. The molecule has 1 aromatic heterocycles. The average molecular weight is 673 g/mol. The number of nitrogens with zero attached hydrogens (tertiary/aromatic N) is 2. The predicted octanol–water partition coefficient (Wildman–Crippen LogP) is 7.82. The molecule has 1 amide bonds. The van der Waals surface area contributed by atoms with Crippen molar-refractivity contribution < 1.29 is 23.7 Å². The summed E-state index contributed by atoms with van der Waals surface area (Å²) in [6, 6.07) is 26.5. The van der Waals surface area contributed by atoms with Gasteiger partial charge in [0, 0.05) is 16.5 Å². The summed E-state index contributed by atoms with van der Waals surface area (Å²) in [7, 11) is 3.17. The first kappa shape index (κ1) is 30.8. The first-order chi connectivity index (χ1) is 21.4. The molecule has 0 atom stereocenters. The van der Waals surface area contributed by atoms with Crippen molar-refractivity contribution in [1.29, 1.82) is 0 Å². The summed E-state index contributed by atoms with van der Waals surface area (Å²) in [4.78, 5) is 17.1. The van der Waals surface area contributed by atoms with Crippen LogP contribution in [-0.2, 0) is 13.2 Å². The van der Waals surface area contributed by atoms with E-state index in [9.17, 15) is 4.79 Å². The van der Waals surface area contributed by atoms with Crippen LogP contribution >= 0.6 is 27.3 Å². The minimum Gasteiger partial charge on any atom is -0.493 e. The fraction of sp³-hybridized carbons (Fsp3) is 0.147. The Morgan fingerprint density at radius 2 is 1.64 bits per heavy atom. The second-order valence-electron chi connectivity index (χ2n) is 9.61. The van der Waals surface area contributed by atoms with E-state index in [4.69, 9.17) is 18.9 Å². The van der Waals surface area contributed by atoms with E-state index in [1.807, 2.05) is 79.0 Å². The third-order valence-corrected chi connectivity index (χ3v) is 7.90. The number of amides is 1. The summed E-state index contributed by atoms with van der Waals surface area (Å²) in [5, 5.41) is 7.12. The van der Waals surface area contributed by atoms with Crippen molar-refractivity contribution in [1.82, 2.24) is 10.4 Å². The molecule has 0 saturated heterocycles. The van der Waals surface area contributed by atoms with Crippen LogP contribution in [0.3, 0.4) is 0 Å². The number of benzene rings is 4. The van der Waals surface area contributed by atoms with E-state index in [0.29, 0.717) is 45.2 Å². The quantitative estimate of drug-likeness (QED) is 0.107. The molecule has 44 heavy (non-hydrogen) atoms. The fourth-order valence-corrected chi connectivity index (χ4v) is 5.48. The molecule has 0 aliphatic carbocycles. The van der Waals surface area contributed by atoms with E-state index in [-0.39, 0.29) is 12.5 Å². The number of aryl methyl sites for hydroxylation is 1. The number of hydrogen-bond acceptors (Lipinski definition) is 8. The average Bonchev–Trinajstić information content (AvgIpc) is 3.49. The molecule has 0 unspecified atom stereocenters. The summed E-state index contributed by atoms with van der Waals surface area (Å²) in [6.07, 6.45) is 1.54. The minimum absolute atomic E-state index is 0.272. The molecule has 10 heteroatoms. The van der Waals surface area contributed by atoms with E-state index in [1.165, 1.54) is 0 Å². The van der Waals surface area contributed by atoms with Crippen molar-refractivity contribution in [2.45, 2.75) is 20.1 Å². The zero-order chi connectivity index (χ0) is 30.9. The SMILES string of the molecule is COc1cc(COc2c(Br)cc(/C=N/NC(=O)c3ccc(-c4csc(C)n4)cc3)cc2OC)ccc1OCc1ccccc1. The highest BCUT2D eigenvalue weighted by molar-refractivity contribution is 9.10. The van der Waals surface area contributed by atoms with Gasteiger partial charge in [-0.25, -0.2) is 10.4 Å². The summed E-state index contributed by atoms with van der Waals surface area (Å²) in [5.41, 5.74) is 7.59. The number of halogens is 1. The van der Waals surface area contributed by atoms with Gasteiger partial charge in [-0.3, -0.25) is 4.79 Å². The molecule has 0 aliphatic rings. The molecule has 4 aromatic carbocycles. The van der Waals surface area contributed by atoms with Gasteiger partial charge in [0.15, 0.2) is 23.0 Å². The third kappa shape index (κ3) is 7.83. The molecule has 224 valence electrons. The van der Waals surface area contributed by atoms with Gasteiger partial charge in [-0.1, -0.05) is 48.5 Å². The van der Waals surface area contributed by atoms with Gasteiger partial charge in [0.05, 0.1) is 35.6 Å². The maximum absolute atomic E-state index is 12.6. The smallest absolute Gasteiger partial charge is 0.271 e. The highest BCUT2D eigenvalue weighted by Gasteiger charge is 2.14. The van der Waals surface area contributed by atoms with Gasteiger partial charge in [-0.05, 0) is 75.9 Å². The lowest BCUT2D eigenvalue weighted by Gasteiger charge is -2.15. The molecule has 0 saturated carbocycles. The highest BCUT2D eigenvalue weighted by atomic mass is 79.9. The van der Waals surface area contributed by atoms with Crippen LogP contribution < -0.4 is 24.4 Å². The molecule has 0 bridgehead atoms. The van der Waals surface area contributed by atoms with Crippen LogP contribution in [0.15, 0.2) is 99.9 Å². The van der Waals surface area contributed by atoms with Gasteiger partial charge < -0.3 is 18.9 Å². The topological polar surface area (TPSA) is 91.3 Å². The molecule has 1 heterocycles. The van der Waals surface area contributed by atoms with Crippen molar-refractivity contribution in [2.24, 2.45) is 5.10 Å². The molecular weight excluding hydrogens is 642 g/mol. The molecule has 5 rings (SSSR count). The number of hydrogen-bond donors (Lipinski definition) is 1. The van der Waals surface area contributed by atoms with Gasteiger partial charge in [0.2, 0.25) is 0 Å². The summed E-state index contributed by atoms with van der Waals surface area (Å²) < 4.78 is 23.9. The van der Waals surface area contributed by atoms with E-state index in [0.717, 1.165) is 27.4 Å². The lowest BCUT2D eigenvalue weighted by Crippen LogP contribution is -2.17. The van der Waals surface area contributed by atoms with E-state index in [2.05, 4.69) is 31.4 Å². The molecule has 0 fully saturated rings. The van der Waals surface area contributed by atoms with Crippen LogP contribution in [-0.4, -0.2) is 31.3 Å². The van der Waals surface area contributed by atoms with Gasteiger partial charge >= 0.3 is 0 Å². The monoisotopic (exact) mass is 671 g/mol. The Hall–Kier alpha value is -4.67. The number of methoxy groups -OCH3 is 2. The second-order valence-corrected chi connectivity index (χ2v) is 11.5. The van der Waals surface area contributed by atoms with Gasteiger partial charge in [0.25, 0.3) is 5.91 Å². The van der Waals surface area contributed by atoms with Crippen LogP contribution in [0.25, 0.3) is 11.3 Å². The Labute approximate surface area is 268 Å². The standard InChI is InChI=1S/C34H30BrN3O5S/c1-22-37-29(21-44-22)26-10-12-27(13-11-26)34(39)38-36-18-25-15-28(35)33(32(17-25)41-3)43-20-24-9-14-30(31(16-24)40-2)42-19-23-7-5-4-6-8-23/h4-18,21H,19-20H2,1-3H3,(H,38,39)/b36-18+. The lowest BCUT2D eigenvalue weighted by atomic mass is 10.1. The molecule has 0 radical (unpaired) electrons. The van der Waals surface area contributed by atoms with E-state index in [1.54, 1.807) is 50.0 Å². The molecule has 0 aliphatic heterocycles. The van der Waals surface area contributed by atoms with E-state index < -0.39 is 0 Å². The Morgan fingerprint density at radius 1 is 0.886 bits per heavy atom. The minimum atomic E-state index is -0.319. The number of nitrogens with one attached hydrogen (secondary N) is 1. The van der Waals surface area contributed by atoms with Gasteiger partial charge in [-0.2, -0.15) is 5.10 Å². The van der Waals surface area contributed by atoms with Crippen molar-refractivity contribution in [2.75, 3.05) is 14.2 Å². The number of carbonyl (C=O) groups is 1. The Morgan fingerprint density at radius 3 is 2.34 bits per heavy atom. The second kappa shape index (κ2) is 14.7. The first-order valence-electron chi connectivity index (χ1n) is 13.6. The maximum Gasteiger partial charge on any atom is 0.271 e. The van der Waals surface area contributed by atoms with Crippen molar-refractivity contribution in [3.05, 3.63) is 122 Å². The van der Waals surface area contributed by atoms with Crippen molar-refractivity contribution in [3.8, 4) is 34.3 Å².